The van der Waals surface area contributed by atoms with Crippen LogP contribution in [0.5, 0.6) is 0 Å². The molecule has 0 radical (unpaired) electrons. The number of esters is 1. The van der Waals surface area contributed by atoms with Gasteiger partial charge in [0.15, 0.2) is 5.65 Å². The molecule has 10 heteroatoms. The van der Waals surface area contributed by atoms with Crippen LogP contribution in [0.25, 0.3) is 5.65 Å². The molecule has 2 N–H and O–H groups in total. The number of carbonyl (C=O) groups excluding carboxylic acids is 2. The third-order valence-electron chi connectivity index (χ3n) is 5.36. The molecule has 0 bridgehead atoms. The number of fused-ring (bicyclic) bond motifs is 1. The SMILES string of the molecule is CCOCCCNC(=O)C1CCN(Cc2cc(=O)n3[nH]cc(C(=O)OCC)c3n2)CC1. The van der Waals surface area contributed by atoms with Crippen molar-refractivity contribution in [1.82, 2.24) is 24.8 Å². The molecule has 0 saturated carbocycles. The summed E-state index contributed by atoms with van der Waals surface area (Å²) in [5, 5.41) is 5.73. The number of nitrogens with zero attached hydrogens (tertiary/aromatic N) is 3. The van der Waals surface area contributed by atoms with Crippen LogP contribution < -0.4 is 10.9 Å². The van der Waals surface area contributed by atoms with Crippen molar-refractivity contribution < 1.29 is 19.1 Å². The maximum Gasteiger partial charge on any atom is 0.343 e. The average Bonchev–Trinajstić information content (AvgIpc) is 3.19. The number of amides is 1. The summed E-state index contributed by atoms with van der Waals surface area (Å²) in [6.07, 6.45) is 3.77. The zero-order valence-corrected chi connectivity index (χ0v) is 18.2. The lowest BCUT2D eigenvalue weighted by molar-refractivity contribution is -0.126. The van der Waals surface area contributed by atoms with Gasteiger partial charge >= 0.3 is 5.97 Å². The fraction of sp³-hybridized carbons (Fsp3) is 0.619. The van der Waals surface area contributed by atoms with Crippen LogP contribution in [0.4, 0.5) is 0 Å². The largest absolute Gasteiger partial charge is 0.462 e. The molecule has 1 aliphatic heterocycles. The number of piperidine rings is 1. The van der Waals surface area contributed by atoms with E-state index in [9.17, 15) is 14.4 Å². The Hall–Kier alpha value is -2.72. The smallest absolute Gasteiger partial charge is 0.343 e. The fourth-order valence-electron chi connectivity index (χ4n) is 3.73. The van der Waals surface area contributed by atoms with Gasteiger partial charge in [-0.05, 0) is 46.2 Å². The topological polar surface area (TPSA) is 118 Å². The van der Waals surface area contributed by atoms with E-state index in [1.165, 1.54) is 16.8 Å². The molecule has 0 aromatic carbocycles. The van der Waals surface area contributed by atoms with Crippen LogP contribution in [0, 0.1) is 5.92 Å². The van der Waals surface area contributed by atoms with Crippen molar-refractivity contribution in [3.05, 3.63) is 33.9 Å². The second kappa shape index (κ2) is 11.1. The molecule has 3 heterocycles. The van der Waals surface area contributed by atoms with Crippen LogP contribution in [-0.4, -0.2) is 70.8 Å². The second-order valence-corrected chi connectivity index (χ2v) is 7.54. The number of H-pyrrole nitrogens is 1. The van der Waals surface area contributed by atoms with Gasteiger partial charge < -0.3 is 14.8 Å². The Bertz CT molecular complexity index is 945. The summed E-state index contributed by atoms with van der Waals surface area (Å²) in [5.41, 5.74) is 0.814. The van der Waals surface area contributed by atoms with Crippen LogP contribution in [0.3, 0.4) is 0 Å². The summed E-state index contributed by atoms with van der Waals surface area (Å²) in [7, 11) is 0. The summed E-state index contributed by atoms with van der Waals surface area (Å²) in [6, 6.07) is 1.47. The van der Waals surface area contributed by atoms with Crippen LogP contribution >= 0.6 is 0 Å². The number of carbonyl (C=O) groups is 2. The Balaban J connectivity index is 1.55. The molecule has 1 fully saturated rings. The van der Waals surface area contributed by atoms with Gasteiger partial charge in [-0.25, -0.2) is 14.3 Å². The Morgan fingerprint density at radius 2 is 2.03 bits per heavy atom. The minimum atomic E-state index is -0.515. The van der Waals surface area contributed by atoms with Crippen molar-refractivity contribution in [2.75, 3.05) is 39.5 Å². The predicted molar refractivity (Wildman–Crippen MR) is 114 cm³/mol. The first-order chi connectivity index (χ1) is 15.0. The summed E-state index contributed by atoms with van der Waals surface area (Å²) in [6.45, 7) is 7.88. The van der Waals surface area contributed by atoms with Crippen molar-refractivity contribution in [3.8, 4) is 0 Å². The highest BCUT2D eigenvalue weighted by molar-refractivity contribution is 5.95. The number of hydrogen-bond donors (Lipinski definition) is 2. The molecule has 0 atom stereocenters. The van der Waals surface area contributed by atoms with E-state index in [1.54, 1.807) is 6.92 Å². The van der Waals surface area contributed by atoms with Gasteiger partial charge in [-0.2, -0.15) is 0 Å². The monoisotopic (exact) mass is 433 g/mol. The van der Waals surface area contributed by atoms with Crippen LogP contribution in [-0.2, 0) is 20.8 Å². The van der Waals surface area contributed by atoms with Crippen LogP contribution in [0.2, 0.25) is 0 Å². The van der Waals surface area contributed by atoms with E-state index in [4.69, 9.17) is 9.47 Å². The standard InChI is InChI=1S/C21H31N5O5/c1-3-30-11-5-8-22-20(28)15-6-9-25(10-7-15)14-16-12-18(27)26-19(24-16)17(13-23-26)21(29)31-4-2/h12-13,15,23H,3-11,14H2,1-2H3,(H,22,28). The third kappa shape index (κ3) is 5.92. The highest BCUT2D eigenvalue weighted by atomic mass is 16.5. The molecule has 0 aliphatic carbocycles. The van der Waals surface area contributed by atoms with Crippen molar-refractivity contribution in [3.63, 3.8) is 0 Å². The van der Waals surface area contributed by atoms with E-state index in [1.807, 2.05) is 6.92 Å². The number of likely N-dealkylation sites (tertiary alicyclic amines) is 1. The molecule has 31 heavy (non-hydrogen) atoms. The van der Waals surface area contributed by atoms with Gasteiger partial charge in [0, 0.05) is 44.5 Å². The van der Waals surface area contributed by atoms with Gasteiger partial charge in [-0.3, -0.25) is 19.6 Å². The number of ether oxygens (including phenoxy) is 2. The number of hydrogen-bond acceptors (Lipinski definition) is 7. The molecule has 1 saturated heterocycles. The van der Waals surface area contributed by atoms with E-state index in [-0.39, 0.29) is 35.2 Å². The minimum absolute atomic E-state index is 0.00417. The van der Waals surface area contributed by atoms with Gasteiger partial charge in [0.25, 0.3) is 5.56 Å². The maximum atomic E-state index is 12.4. The van der Waals surface area contributed by atoms with Crippen LogP contribution in [0.15, 0.2) is 17.1 Å². The van der Waals surface area contributed by atoms with Gasteiger partial charge in [0.05, 0.1) is 12.3 Å². The molecule has 3 rings (SSSR count). The van der Waals surface area contributed by atoms with Gasteiger partial charge in [-0.15, -0.1) is 0 Å². The van der Waals surface area contributed by atoms with Crippen molar-refractivity contribution in [2.24, 2.45) is 5.92 Å². The number of aromatic nitrogens is 3. The first kappa shape index (κ1) is 23.0. The molecule has 1 aliphatic rings. The van der Waals surface area contributed by atoms with E-state index >= 15 is 0 Å². The third-order valence-corrected chi connectivity index (χ3v) is 5.36. The molecule has 2 aromatic heterocycles. The molecule has 10 nitrogen and oxygen atoms in total. The Labute approximate surface area is 180 Å². The molecule has 170 valence electrons. The lowest BCUT2D eigenvalue weighted by Crippen LogP contribution is -2.40. The maximum absolute atomic E-state index is 12.4. The quantitative estimate of drug-likeness (QED) is 0.423. The second-order valence-electron chi connectivity index (χ2n) is 7.54. The number of nitrogens with one attached hydrogen (secondary N) is 2. The zero-order chi connectivity index (χ0) is 22.2. The Kier molecular flexibility index (Phi) is 8.19. The summed E-state index contributed by atoms with van der Waals surface area (Å²) < 4.78 is 11.5. The average molecular weight is 434 g/mol. The molecule has 0 spiro atoms. The number of rotatable bonds is 10. The first-order valence-electron chi connectivity index (χ1n) is 10.9. The summed E-state index contributed by atoms with van der Waals surface area (Å²) in [4.78, 5) is 43.5. The molecule has 1 amide bonds. The lowest BCUT2D eigenvalue weighted by Gasteiger charge is -2.31. The van der Waals surface area contributed by atoms with Crippen LogP contribution in [0.1, 0.15) is 49.2 Å². The zero-order valence-electron chi connectivity index (χ0n) is 18.2. The molecular formula is C21H31N5O5. The number of aromatic amines is 1. The van der Waals surface area contributed by atoms with Crippen molar-refractivity contribution >= 4 is 17.5 Å². The molecular weight excluding hydrogens is 402 g/mol. The first-order valence-corrected chi connectivity index (χ1v) is 10.9. The highest BCUT2D eigenvalue weighted by Crippen LogP contribution is 2.19. The lowest BCUT2D eigenvalue weighted by atomic mass is 9.96. The summed E-state index contributed by atoms with van der Waals surface area (Å²) >= 11 is 0. The highest BCUT2D eigenvalue weighted by Gasteiger charge is 2.25. The molecule has 2 aromatic rings. The summed E-state index contributed by atoms with van der Waals surface area (Å²) in [5.74, 6) is -0.414. The Morgan fingerprint density at radius 3 is 2.74 bits per heavy atom. The Morgan fingerprint density at radius 1 is 1.26 bits per heavy atom. The van der Waals surface area contributed by atoms with E-state index in [0.717, 1.165) is 32.4 Å². The minimum Gasteiger partial charge on any atom is -0.462 e. The van der Waals surface area contributed by atoms with Gasteiger partial charge in [0.1, 0.15) is 5.56 Å². The van der Waals surface area contributed by atoms with Gasteiger partial charge in [0.2, 0.25) is 5.91 Å². The van der Waals surface area contributed by atoms with E-state index in [2.05, 4.69) is 20.3 Å². The molecule has 0 unspecified atom stereocenters. The van der Waals surface area contributed by atoms with Crippen molar-refractivity contribution in [2.45, 2.75) is 39.7 Å². The van der Waals surface area contributed by atoms with Gasteiger partial charge in [-0.1, -0.05) is 0 Å². The normalized spacial score (nSPS) is 15.3. The van der Waals surface area contributed by atoms with Crippen molar-refractivity contribution in [1.29, 1.82) is 0 Å². The van der Waals surface area contributed by atoms with E-state index < -0.39 is 5.97 Å². The fourth-order valence-corrected chi connectivity index (χ4v) is 3.73. The van der Waals surface area contributed by atoms with E-state index in [0.29, 0.717) is 32.0 Å². The predicted octanol–water partition coefficient (Wildman–Crippen LogP) is 0.954.